The molecule has 9 nitrogen and oxygen atoms in total. The highest BCUT2D eigenvalue weighted by molar-refractivity contribution is 6.07. The molecule has 0 spiro atoms. The van der Waals surface area contributed by atoms with Crippen LogP contribution in [0.25, 0.3) is 0 Å². The smallest absolute Gasteiger partial charge is 0.234 e. The molecule has 0 bridgehead atoms. The van der Waals surface area contributed by atoms with Gasteiger partial charge in [0.15, 0.2) is 0 Å². The standard InChI is InChI=1S/C23H28N6O3/c1-23(2)17-8-7-16(13-18(17)28-22(23)32)29(12-11-24)20(31)10-9-19(30)27-15-5-3-14(4-6-15)21(25)26/h3-8,13H,9-12,24H2,1-2H3,(H3,25,26)(H,27,30)(H,28,32). The number of hydrogen-bond donors (Lipinski definition) is 5. The molecule has 32 heavy (non-hydrogen) atoms. The number of rotatable bonds is 8. The molecule has 1 aliphatic rings. The second-order valence-corrected chi connectivity index (χ2v) is 8.18. The summed E-state index contributed by atoms with van der Waals surface area (Å²) in [6, 6.07) is 12.0. The van der Waals surface area contributed by atoms with Crippen LogP contribution >= 0.6 is 0 Å². The Kier molecular flexibility index (Phi) is 6.59. The molecule has 3 rings (SSSR count). The normalized spacial score (nSPS) is 13.8. The van der Waals surface area contributed by atoms with Crippen LogP contribution in [-0.4, -0.2) is 36.6 Å². The van der Waals surface area contributed by atoms with Crippen LogP contribution in [0.15, 0.2) is 42.5 Å². The maximum Gasteiger partial charge on any atom is 0.234 e. The number of anilines is 3. The average molecular weight is 437 g/mol. The van der Waals surface area contributed by atoms with Gasteiger partial charge in [-0.15, -0.1) is 0 Å². The van der Waals surface area contributed by atoms with E-state index in [-0.39, 0.29) is 42.9 Å². The number of hydrogen-bond acceptors (Lipinski definition) is 5. The van der Waals surface area contributed by atoms with Crippen molar-refractivity contribution >= 4 is 40.6 Å². The molecular weight excluding hydrogens is 408 g/mol. The Hall–Kier alpha value is -3.72. The van der Waals surface area contributed by atoms with Gasteiger partial charge in [-0.3, -0.25) is 19.8 Å². The van der Waals surface area contributed by atoms with Crippen molar-refractivity contribution in [3.05, 3.63) is 53.6 Å². The zero-order valence-electron chi connectivity index (χ0n) is 18.2. The van der Waals surface area contributed by atoms with Crippen LogP contribution in [0.2, 0.25) is 0 Å². The van der Waals surface area contributed by atoms with Gasteiger partial charge in [-0.1, -0.05) is 6.07 Å². The molecule has 0 saturated heterocycles. The summed E-state index contributed by atoms with van der Waals surface area (Å²) in [5.74, 6) is -0.678. The van der Waals surface area contributed by atoms with Crippen molar-refractivity contribution in [2.24, 2.45) is 11.5 Å². The van der Waals surface area contributed by atoms with Crippen molar-refractivity contribution in [3.8, 4) is 0 Å². The minimum Gasteiger partial charge on any atom is -0.384 e. The zero-order valence-corrected chi connectivity index (χ0v) is 18.2. The Balaban J connectivity index is 1.64. The summed E-state index contributed by atoms with van der Waals surface area (Å²) in [5.41, 5.74) is 13.8. The lowest BCUT2D eigenvalue weighted by molar-refractivity contribution is -0.122. The van der Waals surface area contributed by atoms with Crippen molar-refractivity contribution in [3.63, 3.8) is 0 Å². The number of nitrogen functional groups attached to an aromatic ring is 1. The number of benzene rings is 2. The van der Waals surface area contributed by atoms with Crippen LogP contribution in [0.1, 0.15) is 37.8 Å². The first-order chi connectivity index (χ1) is 15.1. The third-order valence-corrected chi connectivity index (χ3v) is 5.50. The molecule has 2 aromatic carbocycles. The lowest BCUT2D eigenvalue weighted by Gasteiger charge is -2.23. The predicted molar refractivity (Wildman–Crippen MR) is 125 cm³/mol. The van der Waals surface area contributed by atoms with Crippen molar-refractivity contribution < 1.29 is 14.4 Å². The molecule has 0 saturated carbocycles. The van der Waals surface area contributed by atoms with Gasteiger partial charge in [0.05, 0.1) is 5.41 Å². The Morgan fingerprint density at radius 2 is 1.81 bits per heavy atom. The summed E-state index contributed by atoms with van der Waals surface area (Å²) in [6.45, 7) is 4.25. The highest BCUT2D eigenvalue weighted by Crippen LogP contribution is 2.39. The summed E-state index contributed by atoms with van der Waals surface area (Å²) in [5, 5.41) is 13.0. The third-order valence-electron chi connectivity index (χ3n) is 5.50. The largest absolute Gasteiger partial charge is 0.384 e. The fraction of sp³-hybridized carbons (Fsp3) is 0.304. The molecule has 0 atom stereocenters. The average Bonchev–Trinajstić information content (AvgIpc) is 2.98. The molecular formula is C23H28N6O3. The molecule has 1 heterocycles. The molecule has 0 fully saturated rings. The van der Waals surface area contributed by atoms with E-state index in [2.05, 4.69) is 10.6 Å². The molecule has 1 aliphatic heterocycles. The fourth-order valence-corrected chi connectivity index (χ4v) is 3.59. The number of nitrogens with two attached hydrogens (primary N) is 2. The van der Waals surface area contributed by atoms with E-state index in [0.29, 0.717) is 29.2 Å². The van der Waals surface area contributed by atoms with Crippen LogP contribution in [0.3, 0.4) is 0 Å². The molecule has 0 aliphatic carbocycles. The second kappa shape index (κ2) is 9.19. The number of carbonyl (C=O) groups excluding carboxylic acids is 3. The molecule has 0 unspecified atom stereocenters. The van der Waals surface area contributed by atoms with Crippen LogP contribution in [0.5, 0.6) is 0 Å². The van der Waals surface area contributed by atoms with Gasteiger partial charge < -0.3 is 27.0 Å². The minimum atomic E-state index is -0.628. The predicted octanol–water partition coefficient (Wildman–Crippen LogP) is 1.91. The maximum atomic E-state index is 12.9. The second-order valence-electron chi connectivity index (χ2n) is 8.18. The van der Waals surface area contributed by atoms with Crippen molar-refractivity contribution in [2.45, 2.75) is 32.1 Å². The maximum absolute atomic E-state index is 12.9. The zero-order chi connectivity index (χ0) is 23.5. The van der Waals surface area contributed by atoms with E-state index in [0.717, 1.165) is 5.56 Å². The van der Waals surface area contributed by atoms with Gasteiger partial charge in [0.2, 0.25) is 17.7 Å². The number of fused-ring (bicyclic) bond motifs is 1. The molecule has 7 N–H and O–H groups in total. The van der Waals surface area contributed by atoms with E-state index in [1.165, 1.54) is 4.90 Å². The van der Waals surface area contributed by atoms with Crippen molar-refractivity contribution in [1.29, 1.82) is 5.41 Å². The lowest BCUT2D eigenvalue weighted by atomic mass is 9.86. The van der Waals surface area contributed by atoms with Crippen LogP contribution in [0, 0.1) is 5.41 Å². The van der Waals surface area contributed by atoms with E-state index < -0.39 is 5.41 Å². The van der Waals surface area contributed by atoms with Crippen molar-refractivity contribution in [2.75, 3.05) is 28.6 Å². The molecule has 3 amide bonds. The summed E-state index contributed by atoms with van der Waals surface area (Å²) in [7, 11) is 0. The number of nitrogens with one attached hydrogen (secondary N) is 3. The van der Waals surface area contributed by atoms with Crippen LogP contribution < -0.4 is 27.0 Å². The van der Waals surface area contributed by atoms with Crippen molar-refractivity contribution in [1.82, 2.24) is 0 Å². The quantitative estimate of drug-likeness (QED) is 0.316. The van der Waals surface area contributed by atoms with E-state index in [1.807, 2.05) is 19.9 Å². The molecule has 0 aromatic heterocycles. The first kappa shape index (κ1) is 23.0. The van der Waals surface area contributed by atoms with Gasteiger partial charge in [-0.25, -0.2) is 0 Å². The number of nitrogens with zero attached hydrogens (tertiary/aromatic N) is 1. The first-order valence-electron chi connectivity index (χ1n) is 10.3. The SMILES string of the molecule is CC1(C)C(=O)Nc2cc(N(CCN)C(=O)CCC(=O)Nc3ccc(C(=N)N)cc3)ccc21. The minimum absolute atomic E-state index is 0.00305. The van der Waals surface area contributed by atoms with Gasteiger partial charge >= 0.3 is 0 Å². The summed E-state index contributed by atoms with van der Waals surface area (Å²) in [6.07, 6.45) is 0.00930. The molecule has 168 valence electrons. The van der Waals surface area contributed by atoms with E-state index in [9.17, 15) is 14.4 Å². The Morgan fingerprint density at radius 1 is 1.12 bits per heavy atom. The fourth-order valence-electron chi connectivity index (χ4n) is 3.59. The van der Waals surface area contributed by atoms with Gasteiger partial charge in [0.25, 0.3) is 0 Å². The van der Waals surface area contributed by atoms with Gasteiger partial charge in [-0.2, -0.15) is 0 Å². The first-order valence-corrected chi connectivity index (χ1v) is 10.3. The summed E-state index contributed by atoms with van der Waals surface area (Å²) < 4.78 is 0. The Labute approximate surface area is 186 Å². The van der Waals surface area contributed by atoms with Crippen LogP contribution in [-0.2, 0) is 19.8 Å². The number of amides is 3. The topological polar surface area (TPSA) is 154 Å². The number of carbonyl (C=O) groups is 3. The molecule has 9 heteroatoms. The highest BCUT2D eigenvalue weighted by Gasteiger charge is 2.38. The van der Waals surface area contributed by atoms with Gasteiger partial charge in [0, 0.05) is 48.6 Å². The van der Waals surface area contributed by atoms with E-state index >= 15 is 0 Å². The molecule has 0 radical (unpaired) electrons. The monoisotopic (exact) mass is 436 g/mol. The van der Waals surface area contributed by atoms with E-state index in [4.69, 9.17) is 16.9 Å². The number of amidine groups is 1. The Morgan fingerprint density at radius 3 is 2.44 bits per heavy atom. The Bertz CT molecular complexity index is 1060. The van der Waals surface area contributed by atoms with Gasteiger partial charge in [0.1, 0.15) is 5.84 Å². The van der Waals surface area contributed by atoms with E-state index in [1.54, 1.807) is 36.4 Å². The highest BCUT2D eigenvalue weighted by atomic mass is 16.2. The molecule has 2 aromatic rings. The lowest BCUT2D eigenvalue weighted by Crippen LogP contribution is -2.35. The van der Waals surface area contributed by atoms with Gasteiger partial charge in [-0.05, 0) is 55.8 Å². The third kappa shape index (κ3) is 4.78. The summed E-state index contributed by atoms with van der Waals surface area (Å²) >= 11 is 0. The van der Waals surface area contributed by atoms with Crippen LogP contribution in [0.4, 0.5) is 17.1 Å². The summed E-state index contributed by atoms with van der Waals surface area (Å²) in [4.78, 5) is 38.9.